The summed E-state index contributed by atoms with van der Waals surface area (Å²) in [5.74, 6) is 0.409. The molecule has 1 aliphatic rings. The van der Waals surface area contributed by atoms with Crippen LogP contribution in [-0.2, 0) is 5.41 Å². The summed E-state index contributed by atoms with van der Waals surface area (Å²) in [6.07, 6.45) is 1.55. The molecule has 1 fully saturated rings. The van der Waals surface area contributed by atoms with Gasteiger partial charge in [-0.15, -0.1) is 0 Å². The largest absolute Gasteiger partial charge is 0.470 e. The van der Waals surface area contributed by atoms with Crippen molar-refractivity contribution in [3.8, 4) is 5.88 Å². The van der Waals surface area contributed by atoms with E-state index in [1.165, 1.54) is 5.56 Å². The van der Waals surface area contributed by atoms with Crippen LogP contribution in [0.5, 0.6) is 5.88 Å². The number of urea groups is 1. The van der Waals surface area contributed by atoms with Crippen molar-refractivity contribution in [2.24, 2.45) is 0 Å². The molecule has 0 bridgehead atoms. The van der Waals surface area contributed by atoms with Crippen LogP contribution < -0.4 is 10.1 Å². The third kappa shape index (κ3) is 4.23. The number of ether oxygens (including phenoxy) is 1. The minimum Gasteiger partial charge on any atom is -0.470 e. The summed E-state index contributed by atoms with van der Waals surface area (Å²) in [6, 6.07) is 11.3. The number of rotatable bonds is 3. The Morgan fingerprint density at radius 3 is 2.52 bits per heavy atom. The molecule has 2 heterocycles. The van der Waals surface area contributed by atoms with Gasteiger partial charge in [0.2, 0.25) is 5.88 Å². The number of hydrogen-bond acceptors (Lipinski definition) is 3. The zero-order chi connectivity index (χ0) is 18.0. The van der Waals surface area contributed by atoms with E-state index in [0.717, 1.165) is 5.69 Å². The van der Waals surface area contributed by atoms with Crippen molar-refractivity contribution in [2.45, 2.75) is 32.3 Å². The van der Waals surface area contributed by atoms with Crippen LogP contribution in [-0.4, -0.2) is 35.1 Å². The van der Waals surface area contributed by atoms with Crippen LogP contribution in [0.1, 0.15) is 26.3 Å². The van der Waals surface area contributed by atoms with E-state index < -0.39 is 0 Å². The highest BCUT2D eigenvalue weighted by atomic mass is 35.5. The van der Waals surface area contributed by atoms with Gasteiger partial charge in [-0.2, -0.15) is 0 Å². The molecular weight excluding hydrogens is 338 g/mol. The Morgan fingerprint density at radius 1 is 1.24 bits per heavy atom. The zero-order valence-electron chi connectivity index (χ0n) is 14.6. The molecule has 0 saturated carbocycles. The zero-order valence-corrected chi connectivity index (χ0v) is 15.4. The van der Waals surface area contributed by atoms with Gasteiger partial charge in [0.05, 0.1) is 13.1 Å². The standard InChI is InChI=1S/C19H22ClN3O2/c1-19(2,3)13-6-8-14(9-7-13)22-18(24)23-11-15(12-23)25-17-16(20)5-4-10-21-17/h4-10,15H,11-12H2,1-3H3,(H,22,24). The fourth-order valence-electron chi connectivity index (χ4n) is 2.55. The van der Waals surface area contributed by atoms with E-state index >= 15 is 0 Å². The molecule has 1 aromatic heterocycles. The molecule has 1 N–H and O–H groups in total. The molecule has 0 spiro atoms. The molecule has 25 heavy (non-hydrogen) atoms. The number of aromatic nitrogens is 1. The van der Waals surface area contributed by atoms with Crippen molar-refractivity contribution in [1.82, 2.24) is 9.88 Å². The van der Waals surface area contributed by atoms with E-state index in [0.29, 0.717) is 24.0 Å². The lowest BCUT2D eigenvalue weighted by Crippen LogP contribution is -2.57. The number of carbonyl (C=O) groups is 1. The lowest BCUT2D eigenvalue weighted by molar-refractivity contribution is 0.0462. The van der Waals surface area contributed by atoms with Crippen LogP contribution in [0.2, 0.25) is 5.02 Å². The summed E-state index contributed by atoms with van der Waals surface area (Å²) in [5.41, 5.74) is 2.11. The molecule has 3 rings (SSSR count). The molecule has 6 heteroatoms. The minimum absolute atomic E-state index is 0.0820. The number of hydrogen-bond donors (Lipinski definition) is 1. The Bertz CT molecular complexity index is 750. The molecule has 1 saturated heterocycles. The quantitative estimate of drug-likeness (QED) is 0.887. The van der Waals surface area contributed by atoms with Gasteiger partial charge in [0, 0.05) is 11.9 Å². The maximum Gasteiger partial charge on any atom is 0.322 e. The second kappa shape index (κ2) is 6.92. The van der Waals surface area contributed by atoms with Gasteiger partial charge in [0.1, 0.15) is 11.1 Å². The minimum atomic E-state index is -0.129. The van der Waals surface area contributed by atoms with Gasteiger partial charge in [0.15, 0.2) is 0 Å². The summed E-state index contributed by atoms with van der Waals surface area (Å²) >= 11 is 6.02. The number of carbonyl (C=O) groups excluding carboxylic acids is 1. The SMILES string of the molecule is CC(C)(C)c1ccc(NC(=O)N2CC(Oc3ncccc3Cl)C2)cc1. The van der Waals surface area contributed by atoms with Crippen LogP contribution >= 0.6 is 11.6 Å². The Kier molecular flexibility index (Phi) is 4.86. The number of nitrogens with zero attached hydrogens (tertiary/aromatic N) is 2. The monoisotopic (exact) mass is 359 g/mol. The fraction of sp³-hybridized carbons (Fsp3) is 0.368. The van der Waals surface area contributed by atoms with Crippen LogP contribution in [0, 0.1) is 0 Å². The van der Waals surface area contributed by atoms with Gasteiger partial charge in [-0.05, 0) is 35.2 Å². The van der Waals surface area contributed by atoms with Crippen molar-refractivity contribution in [3.05, 3.63) is 53.2 Å². The van der Waals surface area contributed by atoms with Gasteiger partial charge < -0.3 is 15.0 Å². The Balaban J connectivity index is 1.50. The Morgan fingerprint density at radius 2 is 1.92 bits per heavy atom. The van der Waals surface area contributed by atoms with Crippen molar-refractivity contribution in [1.29, 1.82) is 0 Å². The smallest absolute Gasteiger partial charge is 0.322 e. The first-order valence-corrected chi connectivity index (χ1v) is 8.64. The second-order valence-electron chi connectivity index (χ2n) is 7.19. The van der Waals surface area contributed by atoms with E-state index in [2.05, 4.69) is 31.1 Å². The normalized spacial score (nSPS) is 14.8. The lowest BCUT2D eigenvalue weighted by atomic mass is 9.87. The van der Waals surface area contributed by atoms with Crippen molar-refractivity contribution >= 4 is 23.3 Å². The molecule has 0 atom stereocenters. The third-order valence-electron chi connectivity index (χ3n) is 4.14. The van der Waals surface area contributed by atoms with E-state index in [1.54, 1.807) is 23.2 Å². The molecule has 2 amide bonds. The molecule has 0 radical (unpaired) electrons. The van der Waals surface area contributed by atoms with Crippen molar-refractivity contribution in [3.63, 3.8) is 0 Å². The summed E-state index contributed by atoms with van der Waals surface area (Å²) < 4.78 is 5.70. The van der Waals surface area contributed by atoms with Crippen molar-refractivity contribution in [2.75, 3.05) is 18.4 Å². The molecule has 1 aromatic carbocycles. The van der Waals surface area contributed by atoms with Gasteiger partial charge in [0.25, 0.3) is 0 Å². The maximum atomic E-state index is 12.3. The number of benzene rings is 1. The number of anilines is 1. The first-order valence-electron chi connectivity index (χ1n) is 8.26. The number of nitrogens with one attached hydrogen (secondary N) is 1. The Hall–Kier alpha value is -2.27. The van der Waals surface area contributed by atoms with Gasteiger partial charge in [-0.1, -0.05) is 44.5 Å². The first kappa shape index (κ1) is 17.5. The molecular formula is C19H22ClN3O2. The van der Waals surface area contributed by atoms with Crippen LogP contribution in [0.4, 0.5) is 10.5 Å². The van der Waals surface area contributed by atoms with E-state index in [-0.39, 0.29) is 17.6 Å². The average molecular weight is 360 g/mol. The average Bonchev–Trinajstić information content (AvgIpc) is 2.51. The van der Waals surface area contributed by atoms with Crippen LogP contribution in [0.3, 0.4) is 0 Å². The van der Waals surface area contributed by atoms with E-state index in [9.17, 15) is 4.79 Å². The third-order valence-corrected chi connectivity index (χ3v) is 4.43. The van der Waals surface area contributed by atoms with Crippen LogP contribution in [0.15, 0.2) is 42.6 Å². The molecule has 0 unspecified atom stereocenters. The topological polar surface area (TPSA) is 54.5 Å². The number of halogens is 1. The molecule has 2 aromatic rings. The predicted molar refractivity (Wildman–Crippen MR) is 99.4 cm³/mol. The lowest BCUT2D eigenvalue weighted by Gasteiger charge is -2.38. The van der Waals surface area contributed by atoms with Gasteiger partial charge in [-0.25, -0.2) is 9.78 Å². The van der Waals surface area contributed by atoms with Gasteiger partial charge >= 0.3 is 6.03 Å². The van der Waals surface area contributed by atoms with Gasteiger partial charge in [-0.3, -0.25) is 0 Å². The molecule has 5 nitrogen and oxygen atoms in total. The Labute approximate surface area is 153 Å². The maximum absolute atomic E-state index is 12.3. The predicted octanol–water partition coefficient (Wildman–Crippen LogP) is 4.33. The molecule has 132 valence electrons. The first-order chi connectivity index (χ1) is 11.8. The van der Waals surface area contributed by atoms with E-state index in [1.807, 2.05) is 24.3 Å². The summed E-state index contributed by atoms with van der Waals surface area (Å²) in [4.78, 5) is 18.0. The van der Waals surface area contributed by atoms with E-state index in [4.69, 9.17) is 16.3 Å². The van der Waals surface area contributed by atoms with Crippen LogP contribution in [0.25, 0.3) is 0 Å². The fourth-order valence-corrected chi connectivity index (χ4v) is 2.72. The molecule has 1 aliphatic heterocycles. The summed E-state index contributed by atoms with van der Waals surface area (Å²) in [7, 11) is 0. The number of pyridine rings is 1. The summed E-state index contributed by atoms with van der Waals surface area (Å²) in [6.45, 7) is 7.51. The number of likely N-dealkylation sites (tertiary alicyclic amines) is 1. The highest BCUT2D eigenvalue weighted by Gasteiger charge is 2.33. The van der Waals surface area contributed by atoms with Crippen molar-refractivity contribution < 1.29 is 9.53 Å². The molecule has 0 aliphatic carbocycles. The highest BCUT2D eigenvalue weighted by molar-refractivity contribution is 6.31. The number of amides is 2. The second-order valence-corrected chi connectivity index (χ2v) is 7.60. The summed E-state index contributed by atoms with van der Waals surface area (Å²) in [5, 5.41) is 3.38. The highest BCUT2D eigenvalue weighted by Crippen LogP contribution is 2.25.